The SMILES string of the molecule is O=c1cc(C=Cc2cccnc2)nc2sc(-c3ccccc3)cn12. The highest BCUT2D eigenvalue weighted by Gasteiger charge is 2.07. The van der Waals surface area contributed by atoms with Crippen molar-refractivity contribution in [2.24, 2.45) is 0 Å². The molecule has 0 saturated heterocycles. The average molecular weight is 331 g/mol. The Hall–Kier alpha value is -3.05. The van der Waals surface area contributed by atoms with Crippen LogP contribution in [0.15, 0.2) is 71.9 Å². The second kappa shape index (κ2) is 6.22. The molecule has 0 N–H and O–H groups in total. The van der Waals surface area contributed by atoms with Crippen LogP contribution in [-0.4, -0.2) is 14.4 Å². The largest absolute Gasteiger partial charge is 0.269 e. The van der Waals surface area contributed by atoms with Gasteiger partial charge in [-0.15, -0.1) is 0 Å². The van der Waals surface area contributed by atoms with Gasteiger partial charge in [-0.2, -0.15) is 0 Å². The normalized spacial score (nSPS) is 11.3. The molecule has 0 saturated carbocycles. The lowest BCUT2D eigenvalue weighted by Gasteiger charge is -1.95. The van der Waals surface area contributed by atoms with Crippen molar-refractivity contribution in [2.45, 2.75) is 0 Å². The number of hydrogen-bond donors (Lipinski definition) is 0. The molecule has 4 rings (SSSR count). The summed E-state index contributed by atoms with van der Waals surface area (Å²) in [5.41, 5.74) is 2.62. The summed E-state index contributed by atoms with van der Waals surface area (Å²) in [4.78, 5) is 22.7. The predicted molar refractivity (Wildman–Crippen MR) is 97.9 cm³/mol. The van der Waals surface area contributed by atoms with Crippen molar-refractivity contribution >= 4 is 28.4 Å². The number of rotatable bonds is 3. The highest BCUT2D eigenvalue weighted by molar-refractivity contribution is 7.20. The Labute approximate surface area is 142 Å². The lowest BCUT2D eigenvalue weighted by molar-refractivity contribution is 1.07. The van der Waals surface area contributed by atoms with E-state index in [1.807, 2.05) is 60.8 Å². The third-order valence-electron chi connectivity index (χ3n) is 3.58. The van der Waals surface area contributed by atoms with Crippen LogP contribution < -0.4 is 5.56 Å². The van der Waals surface area contributed by atoms with Gasteiger partial charge in [0.1, 0.15) is 0 Å². The molecular weight excluding hydrogens is 318 g/mol. The van der Waals surface area contributed by atoms with Crippen LogP contribution in [0.3, 0.4) is 0 Å². The van der Waals surface area contributed by atoms with E-state index in [2.05, 4.69) is 9.97 Å². The molecule has 116 valence electrons. The van der Waals surface area contributed by atoms with Gasteiger partial charge < -0.3 is 0 Å². The summed E-state index contributed by atoms with van der Waals surface area (Å²) in [5, 5.41) is 0. The van der Waals surface area contributed by atoms with Crippen molar-refractivity contribution in [2.75, 3.05) is 0 Å². The zero-order valence-electron chi connectivity index (χ0n) is 12.7. The van der Waals surface area contributed by atoms with Crippen molar-refractivity contribution in [3.63, 3.8) is 0 Å². The Morgan fingerprint density at radius 2 is 1.92 bits per heavy atom. The van der Waals surface area contributed by atoms with Crippen molar-refractivity contribution in [3.8, 4) is 10.4 Å². The summed E-state index contributed by atoms with van der Waals surface area (Å²) in [7, 11) is 0. The molecule has 0 spiro atoms. The van der Waals surface area contributed by atoms with Crippen LogP contribution in [0.25, 0.3) is 27.6 Å². The monoisotopic (exact) mass is 331 g/mol. The van der Waals surface area contributed by atoms with E-state index in [-0.39, 0.29) is 5.56 Å². The first-order chi connectivity index (χ1) is 11.8. The molecule has 4 nitrogen and oxygen atoms in total. The molecule has 0 fully saturated rings. The number of hydrogen-bond acceptors (Lipinski definition) is 4. The van der Waals surface area contributed by atoms with E-state index >= 15 is 0 Å². The summed E-state index contributed by atoms with van der Waals surface area (Å²) >= 11 is 1.51. The molecule has 1 aromatic carbocycles. The lowest BCUT2D eigenvalue weighted by atomic mass is 10.2. The molecule has 0 unspecified atom stereocenters. The molecule has 0 aliphatic rings. The molecule has 0 aliphatic heterocycles. The summed E-state index contributed by atoms with van der Waals surface area (Å²) < 4.78 is 1.59. The number of nitrogens with zero attached hydrogens (tertiary/aromatic N) is 3. The fourth-order valence-corrected chi connectivity index (χ4v) is 3.40. The molecular formula is C19H13N3OS. The maximum absolute atomic E-state index is 12.3. The zero-order chi connectivity index (χ0) is 16.4. The van der Waals surface area contributed by atoms with Gasteiger partial charge in [-0.25, -0.2) is 4.98 Å². The van der Waals surface area contributed by atoms with Gasteiger partial charge in [-0.1, -0.05) is 53.8 Å². The van der Waals surface area contributed by atoms with Crippen LogP contribution in [-0.2, 0) is 0 Å². The van der Waals surface area contributed by atoms with E-state index < -0.39 is 0 Å². The molecule has 0 atom stereocenters. The van der Waals surface area contributed by atoms with Crippen LogP contribution in [0.4, 0.5) is 0 Å². The van der Waals surface area contributed by atoms with Gasteiger partial charge >= 0.3 is 0 Å². The Morgan fingerprint density at radius 3 is 2.71 bits per heavy atom. The lowest BCUT2D eigenvalue weighted by Crippen LogP contribution is -2.11. The third kappa shape index (κ3) is 2.89. The van der Waals surface area contributed by atoms with Gasteiger partial charge in [0.25, 0.3) is 5.56 Å². The quantitative estimate of drug-likeness (QED) is 0.570. The summed E-state index contributed by atoms with van der Waals surface area (Å²) in [6.45, 7) is 0. The van der Waals surface area contributed by atoms with Crippen LogP contribution in [0.2, 0.25) is 0 Å². The highest BCUT2D eigenvalue weighted by atomic mass is 32.1. The Kier molecular flexibility index (Phi) is 3.76. The first-order valence-electron chi connectivity index (χ1n) is 7.46. The molecule has 3 heterocycles. The summed E-state index contributed by atoms with van der Waals surface area (Å²) in [6, 6.07) is 15.4. The van der Waals surface area contributed by atoms with Gasteiger partial charge in [0.05, 0.1) is 10.6 Å². The highest BCUT2D eigenvalue weighted by Crippen LogP contribution is 2.26. The summed E-state index contributed by atoms with van der Waals surface area (Å²) in [5.74, 6) is 0. The molecule has 5 heteroatoms. The summed E-state index contributed by atoms with van der Waals surface area (Å²) in [6.07, 6.45) is 9.07. The van der Waals surface area contributed by atoms with Gasteiger partial charge in [0, 0.05) is 24.7 Å². The van der Waals surface area contributed by atoms with Crippen molar-refractivity contribution in [3.05, 3.63) is 88.7 Å². The Bertz CT molecular complexity index is 1070. The van der Waals surface area contributed by atoms with E-state index in [1.165, 1.54) is 11.3 Å². The van der Waals surface area contributed by atoms with E-state index in [9.17, 15) is 4.79 Å². The Morgan fingerprint density at radius 1 is 1.04 bits per heavy atom. The average Bonchev–Trinajstić information content (AvgIpc) is 3.06. The Balaban J connectivity index is 1.75. The van der Waals surface area contributed by atoms with Crippen LogP contribution in [0, 0.1) is 0 Å². The number of fused-ring (bicyclic) bond motifs is 1. The predicted octanol–water partition coefficient (Wildman–Crippen LogP) is 3.99. The number of thiazole rings is 1. The smallest absolute Gasteiger partial charge is 0.259 e. The minimum Gasteiger partial charge on any atom is -0.269 e. The minimum absolute atomic E-state index is 0.0794. The fraction of sp³-hybridized carbons (Fsp3) is 0. The standard InChI is InChI=1S/C19H13N3OS/c23-18-11-16(9-8-14-5-4-10-20-12-14)21-19-22(18)13-17(24-19)15-6-2-1-3-7-15/h1-13H. The van der Waals surface area contributed by atoms with Crippen molar-refractivity contribution in [1.29, 1.82) is 0 Å². The van der Waals surface area contributed by atoms with Crippen molar-refractivity contribution < 1.29 is 0 Å². The van der Waals surface area contributed by atoms with Gasteiger partial charge in [-0.05, 0) is 23.3 Å². The van der Waals surface area contributed by atoms with E-state index in [0.29, 0.717) is 10.7 Å². The maximum atomic E-state index is 12.3. The molecule has 0 bridgehead atoms. The first-order valence-corrected chi connectivity index (χ1v) is 8.28. The number of aromatic nitrogens is 3. The van der Waals surface area contributed by atoms with Crippen LogP contribution >= 0.6 is 11.3 Å². The molecule has 4 aromatic rings. The number of benzene rings is 1. The molecule has 24 heavy (non-hydrogen) atoms. The second-order valence-electron chi connectivity index (χ2n) is 5.25. The van der Waals surface area contributed by atoms with Crippen LogP contribution in [0.1, 0.15) is 11.3 Å². The third-order valence-corrected chi connectivity index (χ3v) is 4.61. The zero-order valence-corrected chi connectivity index (χ0v) is 13.5. The van der Waals surface area contributed by atoms with Gasteiger partial charge in [0.2, 0.25) is 0 Å². The number of pyridine rings is 1. The van der Waals surface area contributed by atoms with Gasteiger partial charge in [-0.3, -0.25) is 14.2 Å². The van der Waals surface area contributed by atoms with Gasteiger partial charge in [0.15, 0.2) is 4.96 Å². The van der Waals surface area contributed by atoms with Crippen LogP contribution in [0.5, 0.6) is 0 Å². The minimum atomic E-state index is -0.0794. The topological polar surface area (TPSA) is 47.3 Å². The van der Waals surface area contributed by atoms with E-state index in [1.54, 1.807) is 22.9 Å². The molecule has 0 amide bonds. The molecule has 3 aromatic heterocycles. The first kappa shape index (κ1) is 14.5. The molecule has 0 aliphatic carbocycles. The fourth-order valence-electron chi connectivity index (χ4n) is 2.40. The van der Waals surface area contributed by atoms with Crippen molar-refractivity contribution in [1.82, 2.24) is 14.4 Å². The molecule has 0 radical (unpaired) electrons. The van der Waals surface area contributed by atoms with E-state index in [0.717, 1.165) is 16.0 Å². The van der Waals surface area contributed by atoms with E-state index in [4.69, 9.17) is 0 Å². The maximum Gasteiger partial charge on any atom is 0.259 e. The second-order valence-corrected chi connectivity index (χ2v) is 6.26.